The lowest BCUT2D eigenvalue weighted by Crippen LogP contribution is -2.16. The summed E-state index contributed by atoms with van der Waals surface area (Å²) in [5.74, 6) is 0. The van der Waals surface area contributed by atoms with Crippen LogP contribution >= 0.6 is 11.3 Å². The molecule has 0 saturated heterocycles. The molecule has 1 aliphatic carbocycles. The molecule has 0 atom stereocenters. The molecule has 12 rings (SSSR count). The first kappa shape index (κ1) is 33.2. The third-order valence-corrected chi connectivity index (χ3v) is 13.8. The maximum absolute atomic E-state index is 2.46. The van der Waals surface area contributed by atoms with Crippen LogP contribution in [-0.4, -0.2) is 4.57 Å². The number of benzene rings is 9. The van der Waals surface area contributed by atoms with Crippen molar-refractivity contribution in [1.82, 2.24) is 4.57 Å². The summed E-state index contributed by atoms with van der Waals surface area (Å²) in [7, 11) is 0. The number of nitrogens with zero attached hydrogens (tertiary/aromatic N) is 2. The molecule has 1 aliphatic rings. The molecule has 0 spiro atoms. The minimum Gasteiger partial charge on any atom is -0.310 e. The molecule has 0 radical (unpaired) electrons. The molecule has 0 unspecified atom stereocenters. The van der Waals surface area contributed by atoms with Gasteiger partial charge < -0.3 is 9.47 Å². The van der Waals surface area contributed by atoms with Crippen molar-refractivity contribution >= 4 is 81.1 Å². The molecule has 58 heavy (non-hydrogen) atoms. The normalized spacial score (nSPS) is 13.1. The summed E-state index contributed by atoms with van der Waals surface area (Å²) in [6.07, 6.45) is 0. The van der Waals surface area contributed by atoms with Gasteiger partial charge in [-0.1, -0.05) is 135 Å². The molecule has 274 valence electrons. The number of hydrogen-bond donors (Lipinski definition) is 0. The number of para-hydroxylation sites is 1. The number of rotatable bonds is 5. The van der Waals surface area contributed by atoms with Gasteiger partial charge in [0.05, 0.1) is 11.0 Å². The molecule has 0 amide bonds. The lowest BCUT2D eigenvalue weighted by molar-refractivity contribution is 0.660. The van der Waals surface area contributed by atoms with Crippen molar-refractivity contribution in [2.45, 2.75) is 19.3 Å². The summed E-state index contributed by atoms with van der Waals surface area (Å²) >= 11 is 1.90. The Kier molecular flexibility index (Phi) is 7.18. The Morgan fingerprint density at radius 2 is 1.12 bits per heavy atom. The molecule has 0 N–H and O–H groups in total. The molecule has 0 saturated carbocycles. The van der Waals surface area contributed by atoms with Crippen LogP contribution in [0.1, 0.15) is 25.0 Å². The summed E-state index contributed by atoms with van der Waals surface area (Å²) in [6, 6.07) is 71.9. The second-order valence-electron chi connectivity index (χ2n) is 16.2. The van der Waals surface area contributed by atoms with Gasteiger partial charge in [0.1, 0.15) is 0 Å². The fourth-order valence-corrected chi connectivity index (χ4v) is 11.0. The molecular weight excluding hydrogens is 721 g/mol. The van der Waals surface area contributed by atoms with Gasteiger partial charge in [0, 0.05) is 64.5 Å². The van der Waals surface area contributed by atoms with Gasteiger partial charge in [0.15, 0.2) is 0 Å². The summed E-state index contributed by atoms with van der Waals surface area (Å²) < 4.78 is 5.12. The second-order valence-corrected chi connectivity index (χ2v) is 17.2. The van der Waals surface area contributed by atoms with E-state index in [-0.39, 0.29) is 5.41 Å². The Balaban J connectivity index is 1.13. The maximum atomic E-state index is 2.46. The highest BCUT2D eigenvalue weighted by atomic mass is 32.1. The Labute approximate surface area is 341 Å². The van der Waals surface area contributed by atoms with E-state index in [9.17, 15) is 0 Å². The smallest absolute Gasteiger partial charge is 0.0547 e. The molecule has 0 bridgehead atoms. The minimum absolute atomic E-state index is 0.120. The van der Waals surface area contributed by atoms with Crippen LogP contribution in [-0.2, 0) is 5.41 Å². The van der Waals surface area contributed by atoms with Crippen LogP contribution in [0.25, 0.3) is 80.7 Å². The zero-order valence-electron chi connectivity index (χ0n) is 32.3. The molecular formula is C55H38N2S. The maximum Gasteiger partial charge on any atom is 0.0547 e. The quantitative estimate of drug-likeness (QED) is 0.170. The molecule has 2 heterocycles. The molecule has 2 nitrogen and oxygen atoms in total. The highest BCUT2D eigenvalue weighted by molar-refractivity contribution is 7.26. The Morgan fingerprint density at radius 3 is 2.00 bits per heavy atom. The van der Waals surface area contributed by atoms with Crippen LogP contribution in [0.15, 0.2) is 194 Å². The standard InChI is InChI=1S/C55H38N2S/c1-55(2)49-22-11-9-20-42(49)43-28-25-41(33-50(43)55)56(39-19-13-16-36(30-39)35-14-5-3-6-15-35)40-26-29-51-47(32-40)48-34-46-37(31-52(48)57(51)38-17-7-4-8-18-38)24-27-45-44-21-10-12-23-53(44)58-54(45)46/h3-34H,1-2H3. The first-order valence-corrected chi connectivity index (χ1v) is 20.9. The van der Waals surface area contributed by atoms with E-state index in [2.05, 4.69) is 217 Å². The fraction of sp³-hybridized carbons (Fsp3) is 0.0545. The van der Waals surface area contributed by atoms with Gasteiger partial charge >= 0.3 is 0 Å². The number of anilines is 3. The molecule has 11 aromatic rings. The van der Waals surface area contributed by atoms with Crippen molar-refractivity contribution < 1.29 is 0 Å². The van der Waals surface area contributed by atoms with Crippen molar-refractivity contribution in [3.05, 3.63) is 205 Å². The number of hydrogen-bond acceptors (Lipinski definition) is 2. The third kappa shape index (κ3) is 4.90. The van der Waals surface area contributed by atoms with Gasteiger partial charge in [-0.05, 0) is 112 Å². The van der Waals surface area contributed by atoms with Gasteiger partial charge in [-0.2, -0.15) is 0 Å². The van der Waals surface area contributed by atoms with Crippen molar-refractivity contribution in [3.8, 4) is 27.9 Å². The largest absolute Gasteiger partial charge is 0.310 e. The van der Waals surface area contributed by atoms with E-state index in [1.54, 1.807) is 0 Å². The van der Waals surface area contributed by atoms with E-state index >= 15 is 0 Å². The predicted molar refractivity (Wildman–Crippen MR) is 249 cm³/mol. The molecule has 9 aromatic carbocycles. The highest BCUT2D eigenvalue weighted by Crippen LogP contribution is 2.51. The van der Waals surface area contributed by atoms with E-state index < -0.39 is 0 Å². The van der Waals surface area contributed by atoms with E-state index in [1.165, 1.54) is 86.1 Å². The molecule has 0 fully saturated rings. The first-order valence-electron chi connectivity index (χ1n) is 20.1. The lowest BCUT2D eigenvalue weighted by atomic mass is 9.82. The van der Waals surface area contributed by atoms with Crippen LogP contribution in [0.2, 0.25) is 0 Å². The van der Waals surface area contributed by atoms with E-state index in [0.717, 1.165) is 22.7 Å². The highest BCUT2D eigenvalue weighted by Gasteiger charge is 2.35. The first-order chi connectivity index (χ1) is 28.5. The van der Waals surface area contributed by atoms with Crippen LogP contribution in [0.5, 0.6) is 0 Å². The van der Waals surface area contributed by atoms with Crippen LogP contribution < -0.4 is 4.90 Å². The van der Waals surface area contributed by atoms with Crippen LogP contribution in [0, 0.1) is 0 Å². The van der Waals surface area contributed by atoms with E-state index in [0.29, 0.717) is 0 Å². The zero-order chi connectivity index (χ0) is 38.5. The Bertz CT molecular complexity index is 3430. The molecule has 2 aromatic heterocycles. The van der Waals surface area contributed by atoms with Gasteiger partial charge in [-0.3, -0.25) is 0 Å². The fourth-order valence-electron chi connectivity index (χ4n) is 9.74. The number of aromatic nitrogens is 1. The van der Waals surface area contributed by atoms with Gasteiger partial charge in [-0.25, -0.2) is 0 Å². The lowest BCUT2D eigenvalue weighted by Gasteiger charge is -2.28. The predicted octanol–water partition coefficient (Wildman–Crippen LogP) is 15.7. The van der Waals surface area contributed by atoms with Gasteiger partial charge in [0.25, 0.3) is 0 Å². The Hall–Kier alpha value is -6.94. The van der Waals surface area contributed by atoms with E-state index in [4.69, 9.17) is 0 Å². The third-order valence-electron chi connectivity index (χ3n) is 12.5. The summed E-state index contributed by atoms with van der Waals surface area (Å²) in [6.45, 7) is 4.73. The SMILES string of the molecule is CC1(C)c2ccccc2-c2ccc(N(c3cccc(-c4ccccc4)c3)c3ccc4c(c3)c3cc5c(ccc6c7ccccc7sc56)cc3n4-c3ccccc3)cc21. The second kappa shape index (κ2) is 12.5. The van der Waals surface area contributed by atoms with Crippen molar-refractivity contribution in [2.24, 2.45) is 0 Å². The van der Waals surface area contributed by atoms with E-state index in [1.807, 2.05) is 11.3 Å². The van der Waals surface area contributed by atoms with Crippen LogP contribution in [0.3, 0.4) is 0 Å². The topological polar surface area (TPSA) is 8.17 Å². The van der Waals surface area contributed by atoms with Crippen LogP contribution in [0.4, 0.5) is 17.1 Å². The number of thiophene rings is 1. The number of fused-ring (bicyclic) bond motifs is 11. The van der Waals surface area contributed by atoms with Crippen molar-refractivity contribution in [3.63, 3.8) is 0 Å². The van der Waals surface area contributed by atoms with Gasteiger partial charge in [0.2, 0.25) is 0 Å². The molecule has 0 aliphatic heterocycles. The van der Waals surface area contributed by atoms with Crippen molar-refractivity contribution in [2.75, 3.05) is 4.90 Å². The Morgan fingerprint density at radius 1 is 0.431 bits per heavy atom. The molecule has 3 heteroatoms. The van der Waals surface area contributed by atoms with Crippen molar-refractivity contribution in [1.29, 1.82) is 0 Å². The van der Waals surface area contributed by atoms with Gasteiger partial charge in [-0.15, -0.1) is 11.3 Å². The summed E-state index contributed by atoms with van der Waals surface area (Å²) in [4.78, 5) is 2.46. The summed E-state index contributed by atoms with van der Waals surface area (Å²) in [5, 5.41) is 7.69. The monoisotopic (exact) mass is 758 g/mol. The average molecular weight is 759 g/mol. The summed E-state index contributed by atoms with van der Waals surface area (Å²) in [5.41, 5.74) is 14.6. The average Bonchev–Trinajstić information content (AvgIpc) is 3.89. The minimum atomic E-state index is -0.120. The zero-order valence-corrected chi connectivity index (χ0v) is 33.1.